The summed E-state index contributed by atoms with van der Waals surface area (Å²) in [4.78, 5) is 14.2. The second kappa shape index (κ2) is 3.65. The molecule has 1 aromatic heterocycles. The summed E-state index contributed by atoms with van der Waals surface area (Å²) >= 11 is 0. The van der Waals surface area contributed by atoms with E-state index in [1.54, 1.807) is 0 Å². The molecule has 0 radical (unpaired) electrons. The van der Waals surface area contributed by atoms with E-state index >= 15 is 0 Å². The lowest BCUT2D eigenvalue weighted by Crippen LogP contribution is -2.38. The molecule has 6 heteroatoms. The van der Waals surface area contributed by atoms with Gasteiger partial charge in [-0.05, 0) is 6.42 Å². The smallest absolute Gasteiger partial charge is 0.324 e. The fourth-order valence-electron chi connectivity index (χ4n) is 1.17. The van der Waals surface area contributed by atoms with E-state index in [1.165, 1.54) is 20.6 Å². The Kier molecular flexibility index (Phi) is 2.34. The SMILES string of the molecule is COc1nc(OC)nc(N2CCC2)n1. The quantitative estimate of drug-likeness (QED) is 0.683. The molecule has 0 aliphatic carbocycles. The third kappa shape index (κ3) is 1.55. The normalized spacial score (nSPS) is 14.9. The molecule has 0 aromatic carbocycles. The number of aromatic nitrogens is 3. The van der Waals surface area contributed by atoms with Crippen molar-refractivity contribution in [2.45, 2.75) is 6.42 Å². The predicted molar refractivity (Wildman–Crippen MR) is 49.8 cm³/mol. The third-order valence-corrected chi connectivity index (χ3v) is 2.09. The molecule has 0 amide bonds. The fourth-order valence-corrected chi connectivity index (χ4v) is 1.17. The van der Waals surface area contributed by atoms with Gasteiger partial charge in [0, 0.05) is 13.1 Å². The zero-order valence-electron chi connectivity index (χ0n) is 8.23. The van der Waals surface area contributed by atoms with Crippen molar-refractivity contribution in [3.8, 4) is 12.0 Å². The van der Waals surface area contributed by atoms with Gasteiger partial charge in [0.15, 0.2) is 0 Å². The zero-order chi connectivity index (χ0) is 9.97. The van der Waals surface area contributed by atoms with Crippen molar-refractivity contribution in [2.75, 3.05) is 32.2 Å². The topological polar surface area (TPSA) is 60.4 Å². The standard InChI is InChI=1S/C8H12N4O2/c1-13-7-9-6(12-4-3-5-12)10-8(11-7)14-2/h3-5H2,1-2H3. The average molecular weight is 196 g/mol. The van der Waals surface area contributed by atoms with E-state index in [1.807, 2.05) is 4.90 Å². The molecule has 1 aromatic rings. The highest BCUT2D eigenvalue weighted by atomic mass is 16.5. The number of hydrogen-bond acceptors (Lipinski definition) is 6. The van der Waals surface area contributed by atoms with Crippen molar-refractivity contribution in [3.63, 3.8) is 0 Å². The Morgan fingerprint density at radius 2 is 1.57 bits per heavy atom. The van der Waals surface area contributed by atoms with Gasteiger partial charge < -0.3 is 14.4 Å². The highest BCUT2D eigenvalue weighted by Gasteiger charge is 2.19. The van der Waals surface area contributed by atoms with Gasteiger partial charge in [0.25, 0.3) is 0 Å². The number of methoxy groups -OCH3 is 2. The van der Waals surface area contributed by atoms with Gasteiger partial charge >= 0.3 is 12.0 Å². The molecule has 0 atom stereocenters. The van der Waals surface area contributed by atoms with Gasteiger partial charge in [0.1, 0.15) is 0 Å². The van der Waals surface area contributed by atoms with Crippen molar-refractivity contribution >= 4 is 5.95 Å². The van der Waals surface area contributed by atoms with Crippen LogP contribution in [-0.2, 0) is 0 Å². The fraction of sp³-hybridized carbons (Fsp3) is 0.625. The summed E-state index contributed by atoms with van der Waals surface area (Å²) in [5.74, 6) is 0.625. The van der Waals surface area contributed by atoms with Crippen molar-refractivity contribution in [1.29, 1.82) is 0 Å². The molecule has 1 aliphatic heterocycles. The maximum atomic E-state index is 4.95. The van der Waals surface area contributed by atoms with Gasteiger partial charge in [-0.1, -0.05) is 0 Å². The Morgan fingerprint density at radius 3 is 1.93 bits per heavy atom. The van der Waals surface area contributed by atoms with Crippen molar-refractivity contribution in [3.05, 3.63) is 0 Å². The summed E-state index contributed by atoms with van der Waals surface area (Å²) in [6, 6.07) is 0.581. The highest BCUT2D eigenvalue weighted by molar-refractivity contribution is 5.34. The number of anilines is 1. The number of ether oxygens (including phenoxy) is 2. The monoisotopic (exact) mass is 196 g/mol. The van der Waals surface area contributed by atoms with Crippen molar-refractivity contribution < 1.29 is 9.47 Å². The van der Waals surface area contributed by atoms with Crippen LogP contribution in [0, 0.1) is 0 Å². The first-order valence-corrected chi connectivity index (χ1v) is 4.42. The van der Waals surface area contributed by atoms with Crippen LogP contribution < -0.4 is 14.4 Å². The van der Waals surface area contributed by atoms with Crippen molar-refractivity contribution in [2.24, 2.45) is 0 Å². The second-order valence-electron chi connectivity index (χ2n) is 2.95. The van der Waals surface area contributed by atoms with Gasteiger partial charge in [0.05, 0.1) is 14.2 Å². The lowest BCUT2D eigenvalue weighted by molar-refractivity contribution is 0.338. The molecule has 0 bridgehead atoms. The number of hydrogen-bond donors (Lipinski definition) is 0. The predicted octanol–water partition coefficient (Wildman–Crippen LogP) is 0.0989. The Morgan fingerprint density at radius 1 is 1.00 bits per heavy atom. The van der Waals surface area contributed by atoms with Gasteiger partial charge in [-0.3, -0.25) is 0 Å². The van der Waals surface area contributed by atoms with E-state index in [0.717, 1.165) is 13.1 Å². The first-order valence-electron chi connectivity index (χ1n) is 4.42. The van der Waals surface area contributed by atoms with Gasteiger partial charge in [-0.2, -0.15) is 9.97 Å². The Balaban J connectivity index is 2.28. The van der Waals surface area contributed by atoms with Gasteiger partial charge in [0.2, 0.25) is 5.95 Å². The van der Waals surface area contributed by atoms with E-state index in [0.29, 0.717) is 18.0 Å². The minimum atomic E-state index is 0.291. The first kappa shape index (κ1) is 8.98. The lowest BCUT2D eigenvalue weighted by atomic mass is 10.2. The molecule has 0 saturated carbocycles. The average Bonchev–Trinajstić information content (AvgIpc) is 2.14. The maximum absolute atomic E-state index is 4.95. The molecule has 1 saturated heterocycles. The van der Waals surface area contributed by atoms with Crippen LogP contribution in [0.2, 0.25) is 0 Å². The maximum Gasteiger partial charge on any atom is 0.324 e. The van der Waals surface area contributed by atoms with Crippen LogP contribution in [0.15, 0.2) is 0 Å². The van der Waals surface area contributed by atoms with Crippen LogP contribution >= 0.6 is 0 Å². The van der Waals surface area contributed by atoms with E-state index < -0.39 is 0 Å². The minimum absolute atomic E-state index is 0.291. The van der Waals surface area contributed by atoms with E-state index in [2.05, 4.69) is 15.0 Å². The van der Waals surface area contributed by atoms with Crippen LogP contribution in [0.5, 0.6) is 12.0 Å². The van der Waals surface area contributed by atoms with Crippen molar-refractivity contribution in [1.82, 2.24) is 15.0 Å². The molecule has 2 heterocycles. The molecule has 0 N–H and O–H groups in total. The largest absolute Gasteiger partial charge is 0.467 e. The molecule has 2 rings (SSSR count). The molecule has 1 fully saturated rings. The molecule has 6 nitrogen and oxygen atoms in total. The van der Waals surface area contributed by atoms with Crippen LogP contribution in [0.4, 0.5) is 5.95 Å². The second-order valence-corrected chi connectivity index (χ2v) is 2.95. The Bertz CT molecular complexity index is 305. The third-order valence-electron chi connectivity index (χ3n) is 2.09. The van der Waals surface area contributed by atoms with Crippen LogP contribution in [-0.4, -0.2) is 42.3 Å². The van der Waals surface area contributed by atoms with Crippen LogP contribution in [0.25, 0.3) is 0 Å². The number of nitrogens with zero attached hydrogens (tertiary/aromatic N) is 4. The molecule has 1 aliphatic rings. The van der Waals surface area contributed by atoms with Crippen LogP contribution in [0.1, 0.15) is 6.42 Å². The van der Waals surface area contributed by atoms with Gasteiger partial charge in [-0.25, -0.2) is 0 Å². The Labute approximate surface area is 81.9 Å². The van der Waals surface area contributed by atoms with E-state index in [9.17, 15) is 0 Å². The Hall–Kier alpha value is -1.59. The lowest BCUT2D eigenvalue weighted by Gasteiger charge is -2.30. The summed E-state index contributed by atoms with van der Waals surface area (Å²) < 4.78 is 9.89. The molecule has 0 spiro atoms. The number of rotatable bonds is 3. The molecule has 0 unspecified atom stereocenters. The minimum Gasteiger partial charge on any atom is -0.467 e. The molecular weight excluding hydrogens is 184 g/mol. The highest BCUT2D eigenvalue weighted by Crippen LogP contribution is 2.19. The summed E-state index contributed by atoms with van der Waals surface area (Å²) in [6.45, 7) is 1.96. The van der Waals surface area contributed by atoms with Crippen LogP contribution in [0.3, 0.4) is 0 Å². The molecule has 14 heavy (non-hydrogen) atoms. The summed E-state index contributed by atoms with van der Waals surface area (Å²) in [5.41, 5.74) is 0. The van der Waals surface area contributed by atoms with Gasteiger partial charge in [-0.15, -0.1) is 4.98 Å². The zero-order valence-corrected chi connectivity index (χ0v) is 8.23. The first-order chi connectivity index (χ1) is 6.83. The summed E-state index contributed by atoms with van der Waals surface area (Å²) in [7, 11) is 3.04. The van der Waals surface area contributed by atoms with E-state index in [-0.39, 0.29) is 0 Å². The summed E-state index contributed by atoms with van der Waals surface area (Å²) in [6.07, 6.45) is 1.18. The van der Waals surface area contributed by atoms with E-state index in [4.69, 9.17) is 9.47 Å². The molecular formula is C8H12N4O2. The summed E-state index contributed by atoms with van der Waals surface area (Å²) in [5, 5.41) is 0. The molecule has 76 valence electrons.